The third-order valence-corrected chi connectivity index (χ3v) is 6.85. The average molecular weight is 426 g/mol. The number of allylic oxidation sites excluding steroid dienone is 1. The van der Waals surface area contributed by atoms with E-state index in [-0.39, 0.29) is 42.0 Å². The number of carbonyl (C=O) groups is 1. The molecular weight excluding hydrogens is 386 g/mol. The van der Waals surface area contributed by atoms with Gasteiger partial charge in [0.15, 0.2) is 0 Å². The van der Waals surface area contributed by atoms with E-state index in [0.717, 1.165) is 51.6 Å². The maximum absolute atomic E-state index is 12.4. The first kappa shape index (κ1) is 23.5. The molecule has 2 saturated heterocycles. The fourth-order valence-electron chi connectivity index (χ4n) is 5.03. The minimum atomic E-state index is -0.390. The second-order valence-electron chi connectivity index (χ2n) is 9.39. The van der Waals surface area contributed by atoms with Crippen LogP contribution in [0.3, 0.4) is 0 Å². The Kier molecular flexibility index (Phi) is 7.82. The van der Waals surface area contributed by atoms with Crippen molar-refractivity contribution in [1.29, 1.82) is 0 Å². The summed E-state index contributed by atoms with van der Waals surface area (Å²) in [6.07, 6.45) is 7.50. The Bertz CT molecular complexity index is 615. The first-order valence-electron chi connectivity index (χ1n) is 11.4. The number of alkyl carbamates (subject to hydrolysis) is 1. The lowest BCUT2D eigenvalue weighted by molar-refractivity contribution is -0.118. The Morgan fingerprint density at radius 2 is 2.00 bits per heavy atom. The van der Waals surface area contributed by atoms with Crippen molar-refractivity contribution in [1.82, 2.24) is 5.32 Å². The smallest absolute Gasteiger partial charge is 0.407 e. The molecule has 3 unspecified atom stereocenters. The van der Waals surface area contributed by atoms with Crippen LogP contribution < -0.4 is 5.32 Å². The SMILES string of the molecule is COC1C(OC(=O)NCCCCCCO)CC[C@]2(CO2)C1[C@@]1(C)O[C@@H]1CC=C(C)C. The number of aliphatic hydroxyl groups excluding tert-OH is 1. The summed E-state index contributed by atoms with van der Waals surface area (Å²) in [6, 6.07) is 0. The first-order chi connectivity index (χ1) is 14.4. The van der Waals surface area contributed by atoms with Crippen LogP contribution in [0.4, 0.5) is 4.79 Å². The van der Waals surface area contributed by atoms with Gasteiger partial charge in [-0.15, -0.1) is 0 Å². The van der Waals surface area contributed by atoms with Crippen LogP contribution in [0.2, 0.25) is 0 Å². The number of rotatable bonds is 11. The van der Waals surface area contributed by atoms with Gasteiger partial charge in [-0.3, -0.25) is 0 Å². The van der Waals surface area contributed by atoms with Gasteiger partial charge in [-0.25, -0.2) is 4.79 Å². The van der Waals surface area contributed by atoms with E-state index in [1.165, 1.54) is 5.57 Å². The lowest BCUT2D eigenvalue weighted by Gasteiger charge is -2.42. The number of methoxy groups -OCH3 is 1. The maximum atomic E-state index is 12.4. The fourth-order valence-corrected chi connectivity index (χ4v) is 5.03. The standard InChI is InChI=1S/C23H39NO6/c1-16(2)9-10-18-22(3,30-18)20-19(27-4)17(11-12-23(20)15-28-23)29-21(26)24-13-7-5-6-8-14-25/h9,17-20,25H,5-8,10-15H2,1-4H3,(H,24,26)/t17?,18-,19?,20?,22+,23+/m1/s1. The summed E-state index contributed by atoms with van der Waals surface area (Å²) in [4.78, 5) is 12.4. The van der Waals surface area contributed by atoms with E-state index in [1.807, 2.05) is 0 Å². The molecule has 3 rings (SSSR count). The van der Waals surface area contributed by atoms with Gasteiger partial charge in [-0.05, 0) is 52.9 Å². The van der Waals surface area contributed by atoms with E-state index >= 15 is 0 Å². The molecule has 2 heterocycles. The van der Waals surface area contributed by atoms with Crippen molar-refractivity contribution < 1.29 is 28.8 Å². The second kappa shape index (κ2) is 9.98. The Labute approximate surface area is 180 Å². The number of hydrogen-bond donors (Lipinski definition) is 2. The Morgan fingerprint density at radius 3 is 2.63 bits per heavy atom. The molecule has 1 spiro atoms. The molecule has 1 amide bonds. The molecule has 6 atom stereocenters. The summed E-state index contributed by atoms with van der Waals surface area (Å²) < 4.78 is 23.8. The van der Waals surface area contributed by atoms with Gasteiger partial charge in [0.1, 0.15) is 23.4 Å². The molecule has 7 heteroatoms. The van der Waals surface area contributed by atoms with Crippen LogP contribution in [0.1, 0.15) is 65.7 Å². The highest BCUT2D eigenvalue weighted by Crippen LogP contribution is 2.59. The summed E-state index contributed by atoms with van der Waals surface area (Å²) in [5, 5.41) is 11.7. The van der Waals surface area contributed by atoms with Crippen LogP contribution in [-0.2, 0) is 18.9 Å². The van der Waals surface area contributed by atoms with E-state index in [9.17, 15) is 4.79 Å². The minimum absolute atomic E-state index is 0.0376. The van der Waals surface area contributed by atoms with Gasteiger partial charge in [-0.1, -0.05) is 24.5 Å². The number of hydrogen-bond acceptors (Lipinski definition) is 6. The molecule has 1 saturated carbocycles. The van der Waals surface area contributed by atoms with Crippen molar-refractivity contribution in [2.45, 2.75) is 95.2 Å². The summed E-state index contributed by atoms with van der Waals surface area (Å²) in [6.45, 7) is 7.86. The van der Waals surface area contributed by atoms with Gasteiger partial charge in [0.2, 0.25) is 0 Å². The van der Waals surface area contributed by atoms with Gasteiger partial charge in [0.25, 0.3) is 0 Å². The van der Waals surface area contributed by atoms with E-state index in [0.29, 0.717) is 6.54 Å². The van der Waals surface area contributed by atoms with Gasteiger partial charge >= 0.3 is 6.09 Å². The number of amides is 1. The number of nitrogens with one attached hydrogen (secondary N) is 1. The molecule has 30 heavy (non-hydrogen) atoms. The normalized spacial score (nSPS) is 37.0. The lowest BCUT2D eigenvalue weighted by atomic mass is 9.68. The van der Waals surface area contributed by atoms with Gasteiger partial charge in [0.05, 0.1) is 18.6 Å². The Morgan fingerprint density at radius 1 is 1.27 bits per heavy atom. The Hall–Kier alpha value is -1.15. The van der Waals surface area contributed by atoms with Crippen LogP contribution in [-0.4, -0.2) is 67.6 Å². The highest BCUT2D eigenvalue weighted by molar-refractivity contribution is 5.67. The van der Waals surface area contributed by atoms with Crippen molar-refractivity contribution in [2.24, 2.45) is 5.92 Å². The number of carbonyl (C=O) groups excluding carboxylic acids is 1. The fraction of sp³-hybridized carbons (Fsp3) is 0.870. The molecule has 0 aromatic carbocycles. The predicted molar refractivity (Wildman–Crippen MR) is 113 cm³/mol. The quantitative estimate of drug-likeness (QED) is 0.300. The highest BCUT2D eigenvalue weighted by atomic mass is 16.6. The van der Waals surface area contributed by atoms with Crippen LogP contribution in [0, 0.1) is 5.92 Å². The molecule has 0 bridgehead atoms. The number of ether oxygens (including phenoxy) is 4. The van der Waals surface area contributed by atoms with E-state index in [2.05, 4.69) is 32.2 Å². The van der Waals surface area contributed by atoms with Crippen molar-refractivity contribution >= 4 is 6.09 Å². The maximum Gasteiger partial charge on any atom is 0.407 e. The van der Waals surface area contributed by atoms with E-state index in [4.69, 9.17) is 24.1 Å². The average Bonchev–Trinajstić information content (AvgIpc) is 3.62. The van der Waals surface area contributed by atoms with Crippen molar-refractivity contribution in [3.8, 4) is 0 Å². The molecule has 0 radical (unpaired) electrons. The van der Waals surface area contributed by atoms with Crippen molar-refractivity contribution in [3.05, 3.63) is 11.6 Å². The minimum Gasteiger partial charge on any atom is -0.443 e. The topological polar surface area (TPSA) is 92.9 Å². The molecule has 1 aliphatic carbocycles. The molecule has 0 aromatic heterocycles. The van der Waals surface area contributed by atoms with Crippen LogP contribution in [0.5, 0.6) is 0 Å². The first-order valence-corrected chi connectivity index (χ1v) is 11.4. The molecule has 2 aliphatic heterocycles. The second-order valence-corrected chi connectivity index (χ2v) is 9.39. The molecule has 3 aliphatic rings. The molecule has 0 aromatic rings. The van der Waals surface area contributed by atoms with Crippen LogP contribution in [0.15, 0.2) is 11.6 Å². The zero-order valence-electron chi connectivity index (χ0n) is 18.9. The lowest BCUT2D eigenvalue weighted by Crippen LogP contribution is -2.56. The monoisotopic (exact) mass is 425 g/mol. The molecular formula is C23H39NO6. The zero-order valence-corrected chi connectivity index (χ0v) is 18.9. The molecule has 2 N–H and O–H groups in total. The summed E-state index contributed by atoms with van der Waals surface area (Å²) in [5.41, 5.74) is 0.749. The number of epoxide rings is 2. The van der Waals surface area contributed by atoms with Gasteiger partial charge < -0.3 is 29.4 Å². The summed E-state index contributed by atoms with van der Waals surface area (Å²) in [5.74, 6) is 0.0376. The van der Waals surface area contributed by atoms with Crippen LogP contribution >= 0.6 is 0 Å². The molecule has 172 valence electrons. The third-order valence-electron chi connectivity index (χ3n) is 6.85. The Balaban J connectivity index is 1.56. The highest BCUT2D eigenvalue weighted by Gasteiger charge is 2.72. The van der Waals surface area contributed by atoms with Gasteiger partial charge in [-0.2, -0.15) is 0 Å². The number of unbranched alkanes of at least 4 members (excludes halogenated alkanes) is 3. The summed E-state index contributed by atoms with van der Waals surface area (Å²) in [7, 11) is 1.69. The number of aliphatic hydroxyl groups is 1. The van der Waals surface area contributed by atoms with Crippen molar-refractivity contribution in [2.75, 3.05) is 26.9 Å². The third kappa shape index (κ3) is 5.36. The van der Waals surface area contributed by atoms with Crippen molar-refractivity contribution in [3.63, 3.8) is 0 Å². The van der Waals surface area contributed by atoms with Gasteiger partial charge in [0, 0.05) is 20.3 Å². The largest absolute Gasteiger partial charge is 0.443 e. The van der Waals surface area contributed by atoms with E-state index < -0.39 is 6.09 Å². The molecule has 3 fully saturated rings. The summed E-state index contributed by atoms with van der Waals surface area (Å²) >= 11 is 0. The molecule has 7 nitrogen and oxygen atoms in total. The van der Waals surface area contributed by atoms with E-state index in [1.54, 1.807) is 7.11 Å². The predicted octanol–water partition coefficient (Wildman–Crippen LogP) is 3.34. The van der Waals surface area contributed by atoms with Crippen LogP contribution in [0.25, 0.3) is 0 Å². The zero-order chi connectivity index (χ0) is 21.8.